The predicted molar refractivity (Wildman–Crippen MR) is 147 cm³/mol. The Labute approximate surface area is 219 Å². The molecular weight excluding hydrogens is 465 g/mol. The smallest absolute Gasteiger partial charge is 0.337 e. The second kappa shape index (κ2) is 10.1. The molecule has 1 atom stereocenters. The molecule has 194 valence electrons. The van der Waals surface area contributed by atoms with Gasteiger partial charge in [0.15, 0.2) is 6.10 Å². The Bertz CT molecular complexity index is 1350. The standard InChI is InChI=1S/C32H36FNO3/c1-19-11-13-23(14-12-19)28-21(3)27-18-34(22(4)24-9-8-10-25(33)17-24)16-15-26(27)20(2)29(28)30(31(35)36)37-32(5,6)7/h8-14,17,30H,4,15-16,18H2,1-3,5-7H3,(H,35,36). The first kappa shape index (κ1) is 26.6. The van der Waals surface area contributed by atoms with E-state index in [0.717, 1.165) is 56.6 Å². The van der Waals surface area contributed by atoms with Crippen LogP contribution in [0.5, 0.6) is 0 Å². The summed E-state index contributed by atoms with van der Waals surface area (Å²) in [4.78, 5) is 14.8. The van der Waals surface area contributed by atoms with Crippen LogP contribution in [0, 0.1) is 26.6 Å². The molecule has 1 aliphatic rings. The van der Waals surface area contributed by atoms with E-state index in [0.29, 0.717) is 13.1 Å². The molecule has 0 bridgehead atoms. The zero-order chi connectivity index (χ0) is 27.1. The number of carbonyl (C=O) groups is 1. The number of benzene rings is 3. The van der Waals surface area contributed by atoms with E-state index in [2.05, 4.69) is 30.5 Å². The van der Waals surface area contributed by atoms with Crippen LogP contribution in [0.25, 0.3) is 16.8 Å². The van der Waals surface area contributed by atoms with Gasteiger partial charge in [-0.3, -0.25) is 0 Å². The van der Waals surface area contributed by atoms with Crippen LogP contribution in [0.3, 0.4) is 0 Å². The van der Waals surface area contributed by atoms with Crippen molar-refractivity contribution in [3.8, 4) is 11.1 Å². The lowest BCUT2D eigenvalue weighted by Gasteiger charge is -2.37. The number of carboxylic acids is 1. The molecular formula is C32H36FNO3. The maximum absolute atomic E-state index is 13.9. The molecule has 0 saturated heterocycles. The van der Waals surface area contributed by atoms with Crippen molar-refractivity contribution in [1.82, 2.24) is 4.90 Å². The molecule has 0 aromatic heterocycles. The molecule has 0 fully saturated rings. The summed E-state index contributed by atoms with van der Waals surface area (Å²) in [6.45, 7) is 17.4. The van der Waals surface area contributed by atoms with Crippen molar-refractivity contribution in [3.05, 3.63) is 99.9 Å². The predicted octanol–water partition coefficient (Wildman–Crippen LogP) is 7.39. The van der Waals surface area contributed by atoms with Gasteiger partial charge in [-0.15, -0.1) is 0 Å². The molecule has 4 nitrogen and oxygen atoms in total. The van der Waals surface area contributed by atoms with Gasteiger partial charge < -0.3 is 14.7 Å². The lowest BCUT2D eigenvalue weighted by Crippen LogP contribution is -2.32. The van der Waals surface area contributed by atoms with Crippen molar-refractivity contribution < 1.29 is 19.0 Å². The fraction of sp³-hybridized carbons (Fsp3) is 0.344. The van der Waals surface area contributed by atoms with Crippen molar-refractivity contribution in [2.24, 2.45) is 0 Å². The molecule has 0 saturated carbocycles. The fourth-order valence-corrected chi connectivity index (χ4v) is 5.31. The number of aliphatic carboxylic acids is 1. The minimum Gasteiger partial charge on any atom is -0.479 e. The largest absolute Gasteiger partial charge is 0.479 e. The van der Waals surface area contributed by atoms with E-state index in [1.54, 1.807) is 6.07 Å². The van der Waals surface area contributed by atoms with Crippen LogP contribution in [0.2, 0.25) is 0 Å². The third-order valence-corrected chi connectivity index (χ3v) is 7.14. The highest BCUT2D eigenvalue weighted by molar-refractivity contribution is 5.84. The van der Waals surface area contributed by atoms with Gasteiger partial charge in [-0.1, -0.05) is 48.5 Å². The zero-order valence-electron chi connectivity index (χ0n) is 22.6. The first-order valence-electron chi connectivity index (χ1n) is 12.7. The Morgan fingerprint density at radius 2 is 1.73 bits per heavy atom. The monoisotopic (exact) mass is 501 g/mol. The molecule has 1 heterocycles. The quantitative estimate of drug-likeness (QED) is 0.383. The molecule has 0 radical (unpaired) electrons. The van der Waals surface area contributed by atoms with Gasteiger partial charge in [0, 0.05) is 29.9 Å². The summed E-state index contributed by atoms with van der Waals surface area (Å²) in [5.74, 6) is -1.28. The van der Waals surface area contributed by atoms with E-state index in [9.17, 15) is 14.3 Å². The zero-order valence-corrected chi connectivity index (χ0v) is 22.6. The molecule has 1 aliphatic heterocycles. The summed E-state index contributed by atoms with van der Waals surface area (Å²) in [6, 6.07) is 14.7. The van der Waals surface area contributed by atoms with Crippen LogP contribution in [-0.4, -0.2) is 28.1 Å². The van der Waals surface area contributed by atoms with Crippen molar-refractivity contribution in [2.75, 3.05) is 6.54 Å². The maximum atomic E-state index is 13.9. The third-order valence-electron chi connectivity index (χ3n) is 7.14. The summed E-state index contributed by atoms with van der Waals surface area (Å²) in [5.41, 5.74) is 8.97. The molecule has 0 spiro atoms. The van der Waals surface area contributed by atoms with Gasteiger partial charge in [-0.2, -0.15) is 0 Å². The van der Waals surface area contributed by atoms with Gasteiger partial charge in [0.2, 0.25) is 0 Å². The number of aryl methyl sites for hydroxylation is 1. The summed E-state index contributed by atoms with van der Waals surface area (Å²) in [7, 11) is 0. The lowest BCUT2D eigenvalue weighted by molar-refractivity contribution is -0.160. The minimum absolute atomic E-state index is 0.284. The van der Waals surface area contributed by atoms with Gasteiger partial charge >= 0.3 is 5.97 Å². The Morgan fingerprint density at radius 1 is 1.05 bits per heavy atom. The van der Waals surface area contributed by atoms with Gasteiger partial charge in [0.25, 0.3) is 0 Å². The average molecular weight is 502 g/mol. The average Bonchev–Trinajstić information content (AvgIpc) is 2.84. The number of nitrogens with zero attached hydrogens (tertiary/aromatic N) is 1. The van der Waals surface area contributed by atoms with E-state index in [1.165, 1.54) is 17.7 Å². The molecule has 1 unspecified atom stereocenters. The maximum Gasteiger partial charge on any atom is 0.337 e. The van der Waals surface area contributed by atoms with Crippen molar-refractivity contribution in [1.29, 1.82) is 0 Å². The second-order valence-electron chi connectivity index (χ2n) is 10.9. The SMILES string of the molecule is C=C(c1cccc(F)c1)N1CCc2c(C)c(C(OC(C)(C)C)C(=O)O)c(-c3ccc(C)cc3)c(C)c2C1. The highest BCUT2D eigenvalue weighted by Gasteiger charge is 2.34. The normalized spacial score (nSPS) is 14.3. The Morgan fingerprint density at radius 3 is 2.32 bits per heavy atom. The van der Waals surface area contributed by atoms with Crippen molar-refractivity contribution in [2.45, 2.75) is 66.2 Å². The second-order valence-corrected chi connectivity index (χ2v) is 10.9. The Kier molecular flexibility index (Phi) is 7.29. The van der Waals surface area contributed by atoms with Gasteiger partial charge in [-0.05, 0) is 93.5 Å². The highest BCUT2D eigenvalue weighted by Crippen LogP contribution is 2.43. The number of rotatable bonds is 6. The molecule has 37 heavy (non-hydrogen) atoms. The van der Waals surface area contributed by atoms with Crippen molar-refractivity contribution >= 4 is 11.7 Å². The molecule has 1 N–H and O–H groups in total. The van der Waals surface area contributed by atoms with Gasteiger partial charge in [-0.25, -0.2) is 9.18 Å². The van der Waals surface area contributed by atoms with E-state index >= 15 is 0 Å². The number of carboxylic acid groups (broad SMARTS) is 1. The van der Waals surface area contributed by atoms with Crippen LogP contribution >= 0.6 is 0 Å². The molecule has 3 aromatic rings. The number of hydrogen-bond donors (Lipinski definition) is 1. The number of hydrogen-bond acceptors (Lipinski definition) is 3. The van der Waals surface area contributed by atoms with E-state index < -0.39 is 17.7 Å². The first-order valence-corrected chi connectivity index (χ1v) is 12.7. The van der Waals surface area contributed by atoms with Crippen LogP contribution in [0.4, 0.5) is 4.39 Å². The first-order chi connectivity index (χ1) is 17.4. The molecule has 0 aliphatic carbocycles. The topological polar surface area (TPSA) is 49.8 Å². The fourth-order valence-electron chi connectivity index (χ4n) is 5.31. The highest BCUT2D eigenvalue weighted by atomic mass is 19.1. The van der Waals surface area contributed by atoms with Crippen LogP contribution in [0.1, 0.15) is 65.8 Å². The number of halogens is 1. The van der Waals surface area contributed by atoms with E-state index in [4.69, 9.17) is 4.74 Å². The van der Waals surface area contributed by atoms with Crippen LogP contribution < -0.4 is 0 Å². The number of fused-ring (bicyclic) bond motifs is 1. The van der Waals surface area contributed by atoms with E-state index in [-0.39, 0.29) is 5.82 Å². The van der Waals surface area contributed by atoms with Crippen molar-refractivity contribution in [3.63, 3.8) is 0 Å². The molecule has 4 rings (SSSR count). The Hall–Kier alpha value is -3.44. The molecule has 0 amide bonds. The molecule has 3 aromatic carbocycles. The van der Waals surface area contributed by atoms with Crippen LogP contribution in [-0.2, 0) is 22.5 Å². The lowest BCUT2D eigenvalue weighted by atomic mass is 9.80. The third kappa shape index (κ3) is 5.47. The summed E-state index contributed by atoms with van der Waals surface area (Å²) in [6.07, 6.45) is -0.361. The number of ether oxygens (including phenoxy) is 1. The molecule has 5 heteroatoms. The Balaban J connectivity index is 1.89. The van der Waals surface area contributed by atoms with Gasteiger partial charge in [0.1, 0.15) is 5.82 Å². The van der Waals surface area contributed by atoms with Crippen LogP contribution in [0.15, 0.2) is 55.1 Å². The summed E-state index contributed by atoms with van der Waals surface area (Å²) < 4.78 is 20.1. The summed E-state index contributed by atoms with van der Waals surface area (Å²) in [5, 5.41) is 10.3. The van der Waals surface area contributed by atoms with E-state index in [1.807, 2.05) is 52.8 Å². The minimum atomic E-state index is -1.10. The van der Waals surface area contributed by atoms with Gasteiger partial charge in [0.05, 0.1) is 5.60 Å². The summed E-state index contributed by atoms with van der Waals surface area (Å²) >= 11 is 0.